The lowest BCUT2D eigenvalue weighted by atomic mass is 10.0. The van der Waals surface area contributed by atoms with Gasteiger partial charge in [-0.25, -0.2) is 8.42 Å². The molecule has 2 amide bonds. The molecular formula is C36H39Cl2N3O5S. The summed E-state index contributed by atoms with van der Waals surface area (Å²) in [6.07, 6.45) is 0.880. The SMILES string of the molecule is CC[C@@H](C)NC(=O)[C@@H](Cc1ccccc1)N(Cc1cccc(OC)c1)C(=O)CN(c1cccc(Cl)c1Cl)S(=O)(=O)c1ccc(C)cc1. The molecule has 0 bridgehead atoms. The Labute approximate surface area is 287 Å². The molecule has 0 aliphatic heterocycles. The number of nitrogens with zero attached hydrogens (tertiary/aromatic N) is 2. The summed E-state index contributed by atoms with van der Waals surface area (Å²) in [5.41, 5.74) is 2.44. The molecule has 0 aromatic heterocycles. The number of ether oxygens (including phenoxy) is 1. The number of hydrogen-bond donors (Lipinski definition) is 1. The summed E-state index contributed by atoms with van der Waals surface area (Å²) in [6, 6.07) is 26.3. The third-order valence-electron chi connectivity index (χ3n) is 7.85. The largest absolute Gasteiger partial charge is 0.497 e. The maximum absolute atomic E-state index is 14.6. The van der Waals surface area contributed by atoms with E-state index >= 15 is 0 Å². The Kier molecular flexibility index (Phi) is 12.3. The van der Waals surface area contributed by atoms with E-state index in [0.717, 1.165) is 15.4 Å². The first-order chi connectivity index (χ1) is 22.4. The Hall–Kier alpha value is -4.05. The van der Waals surface area contributed by atoms with Gasteiger partial charge in [0, 0.05) is 19.0 Å². The molecule has 0 spiro atoms. The van der Waals surface area contributed by atoms with Crippen molar-refractivity contribution < 1.29 is 22.7 Å². The molecule has 11 heteroatoms. The van der Waals surface area contributed by atoms with E-state index < -0.39 is 28.5 Å². The molecule has 0 saturated heterocycles. The van der Waals surface area contributed by atoms with Crippen LogP contribution in [0.1, 0.15) is 37.0 Å². The fourth-order valence-corrected chi connectivity index (χ4v) is 6.87. The fraction of sp³-hybridized carbons (Fsp3) is 0.278. The molecule has 1 N–H and O–H groups in total. The molecular weight excluding hydrogens is 657 g/mol. The average Bonchev–Trinajstić information content (AvgIpc) is 3.07. The van der Waals surface area contributed by atoms with E-state index in [0.29, 0.717) is 17.7 Å². The normalized spacial score (nSPS) is 12.6. The van der Waals surface area contributed by atoms with Gasteiger partial charge >= 0.3 is 0 Å². The Morgan fingerprint density at radius 1 is 0.894 bits per heavy atom. The minimum absolute atomic E-state index is 0.00313. The minimum Gasteiger partial charge on any atom is -0.497 e. The highest BCUT2D eigenvalue weighted by Gasteiger charge is 2.35. The Balaban J connectivity index is 1.85. The summed E-state index contributed by atoms with van der Waals surface area (Å²) in [5.74, 6) is -0.388. The van der Waals surface area contributed by atoms with Gasteiger partial charge in [-0.1, -0.05) is 96.4 Å². The van der Waals surface area contributed by atoms with Gasteiger partial charge in [0.15, 0.2) is 0 Å². The lowest BCUT2D eigenvalue weighted by Crippen LogP contribution is -2.54. The van der Waals surface area contributed by atoms with Crippen molar-refractivity contribution in [3.8, 4) is 5.75 Å². The van der Waals surface area contributed by atoms with Gasteiger partial charge < -0.3 is 15.0 Å². The highest BCUT2D eigenvalue weighted by atomic mass is 35.5. The summed E-state index contributed by atoms with van der Waals surface area (Å²) >= 11 is 12.9. The van der Waals surface area contributed by atoms with Gasteiger partial charge in [0.1, 0.15) is 18.3 Å². The van der Waals surface area contributed by atoms with Gasteiger partial charge in [-0.05, 0) is 67.8 Å². The van der Waals surface area contributed by atoms with Crippen LogP contribution in [0.2, 0.25) is 10.0 Å². The van der Waals surface area contributed by atoms with Crippen molar-refractivity contribution in [2.24, 2.45) is 0 Å². The number of carbonyl (C=O) groups excluding carboxylic acids is 2. The van der Waals surface area contributed by atoms with Gasteiger partial charge in [-0.2, -0.15) is 0 Å². The number of benzene rings is 4. The number of anilines is 1. The third-order valence-corrected chi connectivity index (χ3v) is 10.4. The molecule has 0 radical (unpaired) electrons. The molecule has 0 heterocycles. The van der Waals surface area contributed by atoms with Crippen LogP contribution >= 0.6 is 23.2 Å². The Morgan fingerprint density at radius 3 is 2.21 bits per heavy atom. The highest BCUT2D eigenvalue weighted by Crippen LogP contribution is 2.36. The van der Waals surface area contributed by atoms with Crippen molar-refractivity contribution in [3.63, 3.8) is 0 Å². The predicted molar refractivity (Wildman–Crippen MR) is 188 cm³/mol. The third kappa shape index (κ3) is 9.06. The summed E-state index contributed by atoms with van der Waals surface area (Å²) in [6.45, 7) is 5.05. The zero-order valence-electron chi connectivity index (χ0n) is 26.8. The number of carbonyl (C=O) groups is 2. The quantitative estimate of drug-likeness (QED) is 0.152. The van der Waals surface area contributed by atoms with Crippen molar-refractivity contribution in [2.45, 2.75) is 57.1 Å². The smallest absolute Gasteiger partial charge is 0.264 e. The molecule has 47 heavy (non-hydrogen) atoms. The van der Waals surface area contributed by atoms with Crippen LogP contribution < -0.4 is 14.4 Å². The average molecular weight is 697 g/mol. The maximum Gasteiger partial charge on any atom is 0.264 e. The topological polar surface area (TPSA) is 96.0 Å². The zero-order chi connectivity index (χ0) is 34.1. The molecule has 2 atom stereocenters. The van der Waals surface area contributed by atoms with Gasteiger partial charge in [0.25, 0.3) is 10.0 Å². The lowest BCUT2D eigenvalue weighted by Gasteiger charge is -2.34. The first-order valence-electron chi connectivity index (χ1n) is 15.2. The van der Waals surface area contributed by atoms with E-state index in [-0.39, 0.29) is 45.5 Å². The van der Waals surface area contributed by atoms with Gasteiger partial charge in [0.2, 0.25) is 11.8 Å². The van der Waals surface area contributed by atoms with Crippen LogP contribution in [-0.2, 0) is 32.6 Å². The van der Waals surface area contributed by atoms with Crippen LogP contribution in [0.15, 0.2) is 102 Å². The highest BCUT2D eigenvalue weighted by molar-refractivity contribution is 7.92. The lowest BCUT2D eigenvalue weighted by molar-refractivity contribution is -0.140. The molecule has 4 rings (SSSR count). The van der Waals surface area contributed by atoms with Crippen LogP contribution in [0, 0.1) is 6.92 Å². The van der Waals surface area contributed by atoms with E-state index in [1.807, 2.05) is 57.2 Å². The van der Waals surface area contributed by atoms with Crippen LogP contribution in [0.3, 0.4) is 0 Å². The minimum atomic E-state index is -4.33. The molecule has 4 aromatic carbocycles. The molecule has 4 aromatic rings. The molecule has 0 aliphatic carbocycles. The monoisotopic (exact) mass is 695 g/mol. The summed E-state index contributed by atoms with van der Waals surface area (Å²) in [4.78, 5) is 30.0. The first-order valence-corrected chi connectivity index (χ1v) is 17.4. The predicted octanol–water partition coefficient (Wildman–Crippen LogP) is 7.06. The Morgan fingerprint density at radius 2 is 1.55 bits per heavy atom. The number of aryl methyl sites for hydroxylation is 1. The number of nitrogens with one attached hydrogen (secondary N) is 1. The second kappa shape index (κ2) is 16.2. The van der Waals surface area contributed by atoms with Crippen molar-refractivity contribution in [3.05, 3.63) is 124 Å². The van der Waals surface area contributed by atoms with E-state index in [1.165, 1.54) is 29.2 Å². The second-order valence-electron chi connectivity index (χ2n) is 11.3. The van der Waals surface area contributed by atoms with Gasteiger partial charge in [0.05, 0.1) is 27.7 Å². The number of hydrogen-bond acceptors (Lipinski definition) is 5. The molecule has 0 aliphatic rings. The van der Waals surface area contributed by atoms with Crippen molar-refractivity contribution in [1.82, 2.24) is 10.2 Å². The summed E-state index contributed by atoms with van der Waals surface area (Å²) in [7, 11) is -2.78. The zero-order valence-corrected chi connectivity index (χ0v) is 29.1. The van der Waals surface area contributed by atoms with Crippen molar-refractivity contribution in [2.75, 3.05) is 18.0 Å². The summed E-state index contributed by atoms with van der Waals surface area (Å²) in [5, 5.41) is 3.14. The molecule has 0 fully saturated rings. The van der Waals surface area contributed by atoms with E-state index in [4.69, 9.17) is 27.9 Å². The fourth-order valence-electron chi connectivity index (χ4n) is 5.00. The molecule has 8 nitrogen and oxygen atoms in total. The Bertz CT molecular complexity index is 1790. The second-order valence-corrected chi connectivity index (χ2v) is 13.9. The summed E-state index contributed by atoms with van der Waals surface area (Å²) < 4.78 is 34.9. The maximum atomic E-state index is 14.6. The van der Waals surface area contributed by atoms with E-state index in [9.17, 15) is 18.0 Å². The van der Waals surface area contributed by atoms with Crippen LogP contribution in [0.25, 0.3) is 0 Å². The van der Waals surface area contributed by atoms with Crippen LogP contribution in [0.5, 0.6) is 5.75 Å². The van der Waals surface area contributed by atoms with Gasteiger partial charge in [-0.3, -0.25) is 13.9 Å². The number of halogens is 2. The number of methoxy groups -OCH3 is 1. The standard InChI is InChI=1S/C36H39Cl2N3O5S/c1-5-26(3)39-36(43)33(22-27-11-7-6-8-12-27)40(23-28-13-9-14-29(21-28)46-4)34(42)24-41(32-16-10-15-31(37)35(32)38)47(44,45)30-19-17-25(2)18-20-30/h6-21,26,33H,5,22-24H2,1-4H3,(H,39,43)/t26-,33-/m1/s1. The van der Waals surface area contributed by atoms with Crippen LogP contribution in [-0.4, -0.2) is 50.9 Å². The van der Waals surface area contributed by atoms with Crippen molar-refractivity contribution >= 4 is 50.7 Å². The number of amides is 2. The van der Waals surface area contributed by atoms with Crippen LogP contribution in [0.4, 0.5) is 5.69 Å². The number of rotatable bonds is 14. The van der Waals surface area contributed by atoms with Gasteiger partial charge in [-0.15, -0.1) is 0 Å². The number of sulfonamides is 1. The first kappa shape index (κ1) is 35.8. The molecule has 0 saturated carbocycles. The molecule has 248 valence electrons. The van der Waals surface area contributed by atoms with E-state index in [2.05, 4.69) is 5.32 Å². The van der Waals surface area contributed by atoms with Crippen molar-refractivity contribution in [1.29, 1.82) is 0 Å². The molecule has 0 unspecified atom stereocenters. The van der Waals surface area contributed by atoms with E-state index in [1.54, 1.807) is 43.5 Å².